The van der Waals surface area contributed by atoms with Gasteiger partial charge < -0.3 is 20.1 Å². The molecule has 0 saturated heterocycles. The molecule has 0 atom stereocenters. The van der Waals surface area contributed by atoms with Crippen LogP contribution in [0.5, 0.6) is 5.75 Å². The molecule has 1 aromatic rings. The number of nitrogens with zero attached hydrogens (tertiary/aromatic N) is 1. The van der Waals surface area contributed by atoms with Crippen molar-refractivity contribution in [2.24, 2.45) is 10.9 Å². The second-order valence-electron chi connectivity index (χ2n) is 5.63. The Kier molecular flexibility index (Phi) is 13.7. The molecule has 5 nitrogen and oxygen atoms in total. The smallest absolute Gasteiger partial charge is 0.191 e. The highest BCUT2D eigenvalue weighted by Gasteiger charge is 2.03. The third-order valence-corrected chi connectivity index (χ3v) is 3.01. The van der Waals surface area contributed by atoms with Gasteiger partial charge in [0.25, 0.3) is 0 Å². The van der Waals surface area contributed by atoms with Gasteiger partial charge in [-0.05, 0) is 25.8 Å². The first-order chi connectivity index (χ1) is 11.2. The van der Waals surface area contributed by atoms with Gasteiger partial charge in [-0.25, -0.2) is 4.99 Å². The van der Waals surface area contributed by atoms with Crippen LogP contribution in [0.2, 0.25) is 0 Å². The van der Waals surface area contributed by atoms with Crippen molar-refractivity contribution in [3.8, 4) is 5.75 Å². The fraction of sp³-hybridized carbons (Fsp3) is 0.611. The van der Waals surface area contributed by atoms with Gasteiger partial charge in [0.15, 0.2) is 5.96 Å². The van der Waals surface area contributed by atoms with Gasteiger partial charge in [-0.3, -0.25) is 0 Å². The summed E-state index contributed by atoms with van der Waals surface area (Å²) in [6.07, 6.45) is 0. The Balaban J connectivity index is 0.00000529. The number of halogens is 1. The summed E-state index contributed by atoms with van der Waals surface area (Å²) in [6.45, 7) is 12.6. The SMILES string of the molecule is CCNC(=NCc1ccccc1OCC)NCCOCC(C)C.I. The van der Waals surface area contributed by atoms with E-state index < -0.39 is 0 Å². The number of hydrogen-bond donors (Lipinski definition) is 2. The van der Waals surface area contributed by atoms with Crippen LogP contribution in [-0.4, -0.2) is 38.9 Å². The number of hydrogen-bond acceptors (Lipinski definition) is 3. The number of para-hydroxylation sites is 1. The molecule has 138 valence electrons. The van der Waals surface area contributed by atoms with Crippen LogP contribution in [-0.2, 0) is 11.3 Å². The summed E-state index contributed by atoms with van der Waals surface area (Å²) in [5.74, 6) is 2.26. The van der Waals surface area contributed by atoms with Crippen molar-refractivity contribution in [3.05, 3.63) is 29.8 Å². The van der Waals surface area contributed by atoms with E-state index >= 15 is 0 Å². The predicted octanol–water partition coefficient (Wildman–Crippen LogP) is 3.43. The number of ether oxygens (including phenoxy) is 2. The number of rotatable bonds is 10. The molecule has 6 heteroatoms. The van der Waals surface area contributed by atoms with Gasteiger partial charge in [-0.2, -0.15) is 0 Å². The van der Waals surface area contributed by atoms with E-state index in [-0.39, 0.29) is 24.0 Å². The zero-order valence-electron chi connectivity index (χ0n) is 15.3. The Labute approximate surface area is 163 Å². The Morgan fingerprint density at radius 1 is 1.17 bits per heavy atom. The maximum atomic E-state index is 5.63. The zero-order valence-corrected chi connectivity index (χ0v) is 17.6. The molecule has 0 aromatic heterocycles. The van der Waals surface area contributed by atoms with Gasteiger partial charge in [-0.1, -0.05) is 32.0 Å². The van der Waals surface area contributed by atoms with Crippen molar-refractivity contribution in [3.63, 3.8) is 0 Å². The molecule has 0 amide bonds. The number of guanidine groups is 1. The highest BCUT2D eigenvalue weighted by Crippen LogP contribution is 2.18. The summed E-state index contributed by atoms with van der Waals surface area (Å²) in [6, 6.07) is 8.01. The first-order valence-electron chi connectivity index (χ1n) is 8.48. The minimum absolute atomic E-state index is 0. The van der Waals surface area contributed by atoms with Crippen molar-refractivity contribution in [1.29, 1.82) is 0 Å². The molecule has 0 bridgehead atoms. The van der Waals surface area contributed by atoms with Gasteiger partial charge >= 0.3 is 0 Å². The molecule has 2 N–H and O–H groups in total. The summed E-state index contributed by atoms with van der Waals surface area (Å²) >= 11 is 0. The van der Waals surface area contributed by atoms with Crippen LogP contribution in [0.4, 0.5) is 0 Å². The van der Waals surface area contributed by atoms with Crippen LogP contribution in [0.3, 0.4) is 0 Å². The Morgan fingerprint density at radius 2 is 1.92 bits per heavy atom. The summed E-state index contributed by atoms with van der Waals surface area (Å²) in [5.41, 5.74) is 1.09. The van der Waals surface area contributed by atoms with Crippen LogP contribution in [0.1, 0.15) is 33.3 Å². The summed E-state index contributed by atoms with van der Waals surface area (Å²) < 4.78 is 11.2. The molecule has 0 aliphatic rings. The van der Waals surface area contributed by atoms with E-state index in [2.05, 4.69) is 36.4 Å². The maximum absolute atomic E-state index is 5.63. The zero-order chi connectivity index (χ0) is 16.9. The molecule has 24 heavy (non-hydrogen) atoms. The summed E-state index contributed by atoms with van der Waals surface area (Å²) in [7, 11) is 0. The Bertz CT molecular complexity index is 467. The highest BCUT2D eigenvalue weighted by atomic mass is 127. The van der Waals surface area contributed by atoms with Crippen LogP contribution >= 0.6 is 24.0 Å². The van der Waals surface area contributed by atoms with Crippen LogP contribution < -0.4 is 15.4 Å². The van der Waals surface area contributed by atoms with Crippen LogP contribution in [0.25, 0.3) is 0 Å². The molecule has 0 saturated carbocycles. The fourth-order valence-corrected chi connectivity index (χ4v) is 2.00. The average Bonchev–Trinajstić information content (AvgIpc) is 2.53. The molecule has 1 aromatic carbocycles. The molecule has 0 aliphatic heterocycles. The average molecular weight is 449 g/mol. The molecule has 0 fully saturated rings. The van der Waals surface area contributed by atoms with E-state index in [0.717, 1.165) is 37.0 Å². The number of benzene rings is 1. The molecule has 0 aliphatic carbocycles. The van der Waals surface area contributed by atoms with Gasteiger partial charge in [0.2, 0.25) is 0 Å². The van der Waals surface area contributed by atoms with Crippen molar-refractivity contribution < 1.29 is 9.47 Å². The molecule has 0 spiro atoms. The lowest BCUT2D eigenvalue weighted by atomic mass is 10.2. The van der Waals surface area contributed by atoms with E-state index in [9.17, 15) is 0 Å². The van der Waals surface area contributed by atoms with Crippen molar-refractivity contribution in [2.45, 2.75) is 34.2 Å². The minimum Gasteiger partial charge on any atom is -0.494 e. The first-order valence-corrected chi connectivity index (χ1v) is 8.48. The second-order valence-corrected chi connectivity index (χ2v) is 5.63. The van der Waals surface area contributed by atoms with Crippen molar-refractivity contribution >= 4 is 29.9 Å². The third kappa shape index (κ3) is 9.97. The van der Waals surface area contributed by atoms with E-state index in [4.69, 9.17) is 9.47 Å². The maximum Gasteiger partial charge on any atom is 0.191 e. The van der Waals surface area contributed by atoms with Crippen molar-refractivity contribution in [1.82, 2.24) is 10.6 Å². The molecule has 0 radical (unpaired) electrons. The predicted molar refractivity (Wildman–Crippen MR) is 112 cm³/mol. The molecular formula is C18H32IN3O2. The fourth-order valence-electron chi connectivity index (χ4n) is 2.00. The molecule has 1 rings (SSSR count). The Morgan fingerprint density at radius 3 is 2.58 bits per heavy atom. The molecular weight excluding hydrogens is 417 g/mol. The van der Waals surface area contributed by atoms with Crippen molar-refractivity contribution in [2.75, 3.05) is 32.9 Å². The molecule has 0 unspecified atom stereocenters. The molecule has 0 heterocycles. The van der Waals surface area contributed by atoms with E-state index in [1.165, 1.54) is 0 Å². The van der Waals surface area contributed by atoms with Gasteiger partial charge in [0.05, 0.1) is 19.8 Å². The quantitative estimate of drug-likeness (QED) is 0.249. The van der Waals surface area contributed by atoms with Gasteiger partial charge in [0.1, 0.15) is 5.75 Å². The number of aliphatic imine (C=N–C) groups is 1. The standard InChI is InChI=1S/C18H31N3O2.HI/c1-5-19-18(20-11-12-22-14-15(3)4)21-13-16-9-7-8-10-17(16)23-6-2;/h7-10,15H,5-6,11-14H2,1-4H3,(H2,19,20,21);1H. The van der Waals surface area contributed by atoms with Gasteiger partial charge in [0, 0.05) is 25.3 Å². The van der Waals surface area contributed by atoms with Crippen LogP contribution in [0.15, 0.2) is 29.3 Å². The lowest BCUT2D eigenvalue weighted by molar-refractivity contribution is 0.114. The largest absolute Gasteiger partial charge is 0.494 e. The second kappa shape index (κ2) is 14.3. The van der Waals surface area contributed by atoms with Crippen LogP contribution in [0, 0.1) is 5.92 Å². The number of nitrogens with one attached hydrogen (secondary N) is 2. The normalized spacial score (nSPS) is 11.1. The Hall–Kier alpha value is -1.02. The lowest BCUT2D eigenvalue weighted by Gasteiger charge is -2.13. The summed E-state index contributed by atoms with van der Waals surface area (Å²) in [4.78, 5) is 4.62. The topological polar surface area (TPSA) is 54.9 Å². The van der Waals surface area contributed by atoms with E-state index in [1.54, 1.807) is 0 Å². The highest BCUT2D eigenvalue weighted by molar-refractivity contribution is 14.0. The lowest BCUT2D eigenvalue weighted by Crippen LogP contribution is -2.39. The monoisotopic (exact) mass is 449 g/mol. The van der Waals surface area contributed by atoms with E-state index in [1.807, 2.05) is 31.2 Å². The first kappa shape index (κ1) is 23.0. The van der Waals surface area contributed by atoms with E-state index in [0.29, 0.717) is 25.7 Å². The van der Waals surface area contributed by atoms with Gasteiger partial charge in [-0.15, -0.1) is 24.0 Å². The minimum atomic E-state index is 0. The third-order valence-electron chi connectivity index (χ3n) is 3.01. The summed E-state index contributed by atoms with van der Waals surface area (Å²) in [5, 5.41) is 6.54.